The third kappa shape index (κ3) is 5.27. The summed E-state index contributed by atoms with van der Waals surface area (Å²) in [5.74, 6) is -0.242. The molecule has 2 aromatic rings. The molecule has 27 heavy (non-hydrogen) atoms. The van der Waals surface area contributed by atoms with Gasteiger partial charge >= 0.3 is 0 Å². The van der Waals surface area contributed by atoms with Crippen molar-refractivity contribution in [2.24, 2.45) is 0 Å². The van der Waals surface area contributed by atoms with Crippen LogP contribution in [0.1, 0.15) is 25.5 Å². The lowest BCUT2D eigenvalue weighted by molar-refractivity contribution is -0.121. The Balaban J connectivity index is 2.06. The van der Waals surface area contributed by atoms with Crippen LogP contribution in [-0.2, 0) is 14.8 Å². The third-order valence-corrected chi connectivity index (χ3v) is 6.05. The number of carbonyl (C=O) groups is 1. The molecule has 0 aromatic heterocycles. The number of ether oxygens (including phenoxy) is 1. The fraction of sp³-hybridized carbons (Fsp3) is 0.316. The maximum Gasteiger partial charge on any atom is 0.243 e. The van der Waals surface area contributed by atoms with Crippen LogP contribution in [0, 0.1) is 5.82 Å². The van der Waals surface area contributed by atoms with Crippen LogP contribution in [0.4, 0.5) is 4.39 Å². The van der Waals surface area contributed by atoms with Crippen LogP contribution in [-0.4, -0.2) is 38.8 Å². The molecule has 146 valence electrons. The molecule has 0 aliphatic heterocycles. The van der Waals surface area contributed by atoms with Gasteiger partial charge in [-0.25, -0.2) is 12.8 Å². The molecule has 0 aliphatic carbocycles. The predicted octanol–water partition coefficient (Wildman–Crippen LogP) is 2.72. The van der Waals surface area contributed by atoms with Crippen molar-refractivity contribution in [3.63, 3.8) is 0 Å². The molecule has 2 aromatic carbocycles. The molecule has 1 amide bonds. The lowest BCUT2D eigenvalue weighted by Crippen LogP contribution is -2.41. The van der Waals surface area contributed by atoms with E-state index >= 15 is 0 Å². The van der Waals surface area contributed by atoms with Crippen molar-refractivity contribution < 1.29 is 22.3 Å². The van der Waals surface area contributed by atoms with Gasteiger partial charge in [-0.1, -0.05) is 19.1 Å². The monoisotopic (exact) mass is 394 g/mol. The zero-order chi connectivity index (χ0) is 20.0. The Hall–Kier alpha value is -2.45. The number of benzene rings is 2. The van der Waals surface area contributed by atoms with Crippen molar-refractivity contribution in [3.8, 4) is 5.75 Å². The van der Waals surface area contributed by atoms with Gasteiger partial charge in [0.05, 0.1) is 24.6 Å². The Morgan fingerprint density at radius 3 is 2.26 bits per heavy atom. The molecule has 0 heterocycles. The second kappa shape index (κ2) is 8.96. The molecule has 0 fully saturated rings. The van der Waals surface area contributed by atoms with Crippen molar-refractivity contribution in [1.29, 1.82) is 0 Å². The fourth-order valence-corrected chi connectivity index (χ4v) is 3.95. The van der Waals surface area contributed by atoms with E-state index < -0.39 is 21.7 Å². The molecule has 0 saturated carbocycles. The summed E-state index contributed by atoms with van der Waals surface area (Å²) >= 11 is 0. The Morgan fingerprint density at radius 1 is 1.15 bits per heavy atom. The van der Waals surface area contributed by atoms with E-state index in [0.717, 1.165) is 22.0 Å². The normalized spacial score (nSPS) is 12.6. The zero-order valence-electron chi connectivity index (χ0n) is 15.5. The highest BCUT2D eigenvalue weighted by Gasteiger charge is 2.25. The number of carbonyl (C=O) groups excluding carboxylic acids is 1. The van der Waals surface area contributed by atoms with Gasteiger partial charge in [0.1, 0.15) is 11.6 Å². The number of nitrogens with one attached hydrogen (secondary N) is 1. The Morgan fingerprint density at radius 2 is 1.74 bits per heavy atom. The predicted molar refractivity (Wildman–Crippen MR) is 100 cm³/mol. The molecule has 1 atom stereocenters. The van der Waals surface area contributed by atoms with E-state index in [1.54, 1.807) is 26.2 Å². The summed E-state index contributed by atoms with van der Waals surface area (Å²) in [5, 5.41) is 2.79. The number of hydrogen-bond donors (Lipinski definition) is 1. The standard InChI is InChI=1S/C19H23FN2O4S/c1-4-22(27(24,25)18-11-7-16(20)8-12-18)13-19(23)21-14(2)15-5-9-17(26-3)10-6-15/h5-12,14H,4,13H2,1-3H3,(H,21,23)/t14-/m1/s1. The van der Waals surface area contributed by atoms with Gasteiger partial charge in [-0.3, -0.25) is 4.79 Å². The Kier molecular flexibility index (Phi) is 6.92. The summed E-state index contributed by atoms with van der Waals surface area (Å²) in [7, 11) is -2.31. The lowest BCUT2D eigenvalue weighted by Gasteiger charge is -2.22. The van der Waals surface area contributed by atoms with E-state index in [4.69, 9.17) is 4.74 Å². The highest BCUT2D eigenvalue weighted by atomic mass is 32.2. The summed E-state index contributed by atoms with van der Waals surface area (Å²) < 4.78 is 44.5. The van der Waals surface area contributed by atoms with Crippen LogP contribution in [0.3, 0.4) is 0 Å². The van der Waals surface area contributed by atoms with Gasteiger partial charge in [-0.15, -0.1) is 0 Å². The average Bonchev–Trinajstić information content (AvgIpc) is 2.66. The van der Waals surface area contributed by atoms with E-state index in [2.05, 4.69) is 5.32 Å². The highest BCUT2D eigenvalue weighted by molar-refractivity contribution is 7.89. The van der Waals surface area contributed by atoms with Gasteiger partial charge < -0.3 is 10.1 Å². The molecule has 2 rings (SSSR count). The van der Waals surface area contributed by atoms with Crippen LogP contribution < -0.4 is 10.1 Å². The van der Waals surface area contributed by atoms with Gasteiger partial charge in [0.25, 0.3) is 0 Å². The van der Waals surface area contributed by atoms with Gasteiger partial charge in [0.15, 0.2) is 0 Å². The van der Waals surface area contributed by atoms with Gasteiger partial charge in [0.2, 0.25) is 15.9 Å². The van der Waals surface area contributed by atoms with E-state index in [-0.39, 0.29) is 24.0 Å². The number of sulfonamides is 1. The summed E-state index contributed by atoms with van der Waals surface area (Å²) in [6.07, 6.45) is 0. The molecule has 0 spiro atoms. The maximum absolute atomic E-state index is 13.0. The second-order valence-electron chi connectivity index (χ2n) is 5.95. The first-order valence-corrected chi connectivity index (χ1v) is 9.91. The minimum absolute atomic E-state index is 0.0539. The van der Waals surface area contributed by atoms with Crippen molar-refractivity contribution in [2.75, 3.05) is 20.2 Å². The van der Waals surface area contributed by atoms with Crippen molar-refractivity contribution in [2.45, 2.75) is 24.8 Å². The summed E-state index contributed by atoms with van der Waals surface area (Å²) in [4.78, 5) is 12.3. The van der Waals surface area contributed by atoms with Crippen molar-refractivity contribution >= 4 is 15.9 Å². The Bertz CT molecular complexity index is 868. The molecule has 0 aliphatic rings. The largest absolute Gasteiger partial charge is 0.497 e. The SMILES string of the molecule is CCN(CC(=O)N[C@H](C)c1ccc(OC)cc1)S(=O)(=O)c1ccc(F)cc1. The van der Waals surface area contributed by atoms with E-state index in [9.17, 15) is 17.6 Å². The number of nitrogens with zero attached hydrogens (tertiary/aromatic N) is 1. The Labute approximate surface area is 159 Å². The van der Waals surface area contributed by atoms with Crippen LogP contribution in [0.25, 0.3) is 0 Å². The van der Waals surface area contributed by atoms with Crippen LogP contribution in [0.2, 0.25) is 0 Å². The molecule has 0 radical (unpaired) electrons. The van der Waals surface area contributed by atoms with Gasteiger partial charge in [-0.05, 0) is 48.9 Å². The number of hydrogen-bond acceptors (Lipinski definition) is 4. The van der Waals surface area contributed by atoms with E-state index in [1.807, 2.05) is 19.1 Å². The second-order valence-corrected chi connectivity index (χ2v) is 7.89. The maximum atomic E-state index is 13.0. The van der Waals surface area contributed by atoms with Crippen molar-refractivity contribution in [1.82, 2.24) is 9.62 Å². The smallest absolute Gasteiger partial charge is 0.243 e. The molecule has 6 nitrogen and oxygen atoms in total. The van der Waals surface area contributed by atoms with Gasteiger partial charge in [-0.2, -0.15) is 4.31 Å². The summed E-state index contributed by atoms with van der Waals surface area (Å²) in [5.41, 5.74) is 0.869. The summed E-state index contributed by atoms with van der Waals surface area (Å²) in [6, 6.07) is 11.5. The van der Waals surface area contributed by atoms with Crippen LogP contribution in [0.15, 0.2) is 53.4 Å². The van der Waals surface area contributed by atoms with E-state index in [1.165, 1.54) is 12.1 Å². The van der Waals surface area contributed by atoms with Crippen LogP contribution >= 0.6 is 0 Å². The molecule has 0 unspecified atom stereocenters. The van der Waals surface area contributed by atoms with Gasteiger partial charge in [0, 0.05) is 6.54 Å². The number of likely N-dealkylation sites (N-methyl/N-ethyl adjacent to an activating group) is 1. The zero-order valence-corrected chi connectivity index (χ0v) is 16.3. The number of halogens is 1. The molecule has 0 saturated heterocycles. The fourth-order valence-electron chi connectivity index (χ4n) is 2.55. The first kappa shape index (κ1) is 20.9. The minimum Gasteiger partial charge on any atom is -0.497 e. The van der Waals surface area contributed by atoms with E-state index in [0.29, 0.717) is 5.75 Å². The number of amides is 1. The first-order valence-electron chi connectivity index (χ1n) is 8.47. The lowest BCUT2D eigenvalue weighted by atomic mass is 10.1. The quantitative estimate of drug-likeness (QED) is 0.747. The third-order valence-electron chi connectivity index (χ3n) is 4.12. The first-order chi connectivity index (χ1) is 12.8. The average molecular weight is 394 g/mol. The van der Waals surface area contributed by atoms with Crippen molar-refractivity contribution in [3.05, 3.63) is 59.9 Å². The highest BCUT2D eigenvalue weighted by Crippen LogP contribution is 2.18. The minimum atomic E-state index is -3.88. The molecular weight excluding hydrogens is 371 g/mol. The number of rotatable bonds is 8. The molecular formula is C19H23FN2O4S. The molecule has 8 heteroatoms. The summed E-state index contributed by atoms with van der Waals surface area (Å²) in [6.45, 7) is 3.24. The molecule has 1 N–H and O–H groups in total. The van der Waals surface area contributed by atoms with Crippen LogP contribution in [0.5, 0.6) is 5.75 Å². The topological polar surface area (TPSA) is 75.7 Å². The number of methoxy groups -OCH3 is 1. The molecule has 0 bridgehead atoms.